The van der Waals surface area contributed by atoms with Gasteiger partial charge in [0.05, 0.1) is 22.9 Å². The molecule has 1 aromatic heterocycles. The van der Waals surface area contributed by atoms with E-state index in [-0.39, 0.29) is 6.04 Å². The minimum absolute atomic E-state index is 0.137. The highest BCUT2D eigenvalue weighted by atomic mass is 79.9. The van der Waals surface area contributed by atoms with Gasteiger partial charge in [-0.2, -0.15) is 0 Å². The summed E-state index contributed by atoms with van der Waals surface area (Å²) in [6.07, 6.45) is 4.32. The third-order valence-electron chi connectivity index (χ3n) is 3.42. The van der Waals surface area contributed by atoms with Gasteiger partial charge >= 0.3 is 0 Å². The summed E-state index contributed by atoms with van der Waals surface area (Å²) in [5.41, 5.74) is 5.92. The SMILES string of the molecule is CCOC1CCCN(C(CN)c2occc2Br)C1. The Bertz CT molecular complexity index is 368. The lowest BCUT2D eigenvalue weighted by Crippen LogP contribution is -2.44. The van der Waals surface area contributed by atoms with Crippen LogP contribution in [0, 0.1) is 0 Å². The molecule has 0 amide bonds. The maximum atomic E-state index is 5.92. The largest absolute Gasteiger partial charge is 0.466 e. The van der Waals surface area contributed by atoms with E-state index in [0.717, 1.165) is 42.8 Å². The lowest BCUT2D eigenvalue weighted by Gasteiger charge is -2.36. The molecular formula is C13H21BrN2O2. The van der Waals surface area contributed by atoms with Gasteiger partial charge in [0, 0.05) is 19.7 Å². The van der Waals surface area contributed by atoms with Crippen molar-refractivity contribution in [3.05, 3.63) is 22.6 Å². The first-order valence-electron chi connectivity index (χ1n) is 6.54. The number of halogens is 1. The molecule has 4 nitrogen and oxygen atoms in total. The lowest BCUT2D eigenvalue weighted by molar-refractivity contribution is -0.00938. The zero-order valence-electron chi connectivity index (χ0n) is 10.8. The first kappa shape index (κ1) is 14.1. The summed E-state index contributed by atoms with van der Waals surface area (Å²) in [5.74, 6) is 0.926. The van der Waals surface area contributed by atoms with Gasteiger partial charge in [-0.1, -0.05) is 0 Å². The van der Waals surface area contributed by atoms with Gasteiger partial charge in [-0.3, -0.25) is 4.90 Å². The van der Waals surface area contributed by atoms with Crippen LogP contribution in [0.1, 0.15) is 31.6 Å². The predicted octanol–water partition coefficient (Wildman–Crippen LogP) is 2.54. The number of hydrogen-bond donors (Lipinski definition) is 1. The van der Waals surface area contributed by atoms with E-state index in [2.05, 4.69) is 20.8 Å². The van der Waals surface area contributed by atoms with Gasteiger partial charge in [-0.05, 0) is 48.3 Å². The van der Waals surface area contributed by atoms with Crippen LogP contribution in [-0.2, 0) is 4.74 Å². The summed E-state index contributed by atoms with van der Waals surface area (Å²) >= 11 is 3.51. The highest BCUT2D eigenvalue weighted by molar-refractivity contribution is 9.10. The maximum Gasteiger partial charge on any atom is 0.136 e. The van der Waals surface area contributed by atoms with Crippen molar-refractivity contribution in [2.24, 2.45) is 5.73 Å². The zero-order chi connectivity index (χ0) is 13.0. The smallest absolute Gasteiger partial charge is 0.136 e. The predicted molar refractivity (Wildman–Crippen MR) is 74.4 cm³/mol. The van der Waals surface area contributed by atoms with Crippen LogP contribution in [0.2, 0.25) is 0 Å². The van der Waals surface area contributed by atoms with E-state index in [9.17, 15) is 0 Å². The molecule has 102 valence electrons. The van der Waals surface area contributed by atoms with E-state index in [0.29, 0.717) is 12.6 Å². The fourth-order valence-corrected chi connectivity index (χ4v) is 3.05. The van der Waals surface area contributed by atoms with Crippen molar-refractivity contribution >= 4 is 15.9 Å². The van der Waals surface area contributed by atoms with Gasteiger partial charge < -0.3 is 14.9 Å². The first-order valence-corrected chi connectivity index (χ1v) is 7.34. The molecule has 1 saturated heterocycles. The number of ether oxygens (including phenoxy) is 1. The normalized spacial score (nSPS) is 23.2. The monoisotopic (exact) mass is 316 g/mol. The minimum Gasteiger partial charge on any atom is -0.466 e. The summed E-state index contributed by atoms with van der Waals surface area (Å²) in [4.78, 5) is 2.37. The molecule has 0 aromatic carbocycles. The van der Waals surface area contributed by atoms with Gasteiger partial charge in [-0.15, -0.1) is 0 Å². The second kappa shape index (κ2) is 6.70. The number of nitrogens with zero attached hydrogens (tertiary/aromatic N) is 1. The van der Waals surface area contributed by atoms with Crippen LogP contribution in [0.3, 0.4) is 0 Å². The summed E-state index contributed by atoms with van der Waals surface area (Å²) < 4.78 is 12.3. The third-order valence-corrected chi connectivity index (χ3v) is 4.08. The fourth-order valence-electron chi connectivity index (χ4n) is 2.59. The van der Waals surface area contributed by atoms with E-state index in [1.807, 2.05) is 13.0 Å². The van der Waals surface area contributed by atoms with Crippen LogP contribution >= 0.6 is 15.9 Å². The molecular weight excluding hydrogens is 296 g/mol. The Labute approximate surface area is 117 Å². The number of likely N-dealkylation sites (tertiary alicyclic amines) is 1. The number of rotatable bonds is 5. The molecule has 0 radical (unpaired) electrons. The van der Waals surface area contributed by atoms with E-state index in [1.165, 1.54) is 0 Å². The van der Waals surface area contributed by atoms with Crippen molar-refractivity contribution in [3.63, 3.8) is 0 Å². The molecule has 1 aliphatic heterocycles. The summed E-state index contributed by atoms with van der Waals surface area (Å²) in [5, 5.41) is 0. The van der Waals surface area contributed by atoms with Crippen LogP contribution in [-0.4, -0.2) is 37.2 Å². The van der Waals surface area contributed by atoms with Crippen molar-refractivity contribution in [3.8, 4) is 0 Å². The minimum atomic E-state index is 0.137. The number of furan rings is 1. The Balaban J connectivity index is 2.06. The molecule has 1 fully saturated rings. The highest BCUT2D eigenvalue weighted by Crippen LogP contribution is 2.30. The Morgan fingerprint density at radius 2 is 2.50 bits per heavy atom. The molecule has 1 aliphatic rings. The molecule has 2 rings (SSSR count). The average Bonchev–Trinajstić information content (AvgIpc) is 2.78. The van der Waals surface area contributed by atoms with E-state index < -0.39 is 0 Å². The molecule has 0 bridgehead atoms. The van der Waals surface area contributed by atoms with Gasteiger partial charge in [-0.25, -0.2) is 0 Å². The molecule has 0 spiro atoms. The summed E-state index contributed by atoms with van der Waals surface area (Å²) in [6, 6.07) is 2.06. The van der Waals surface area contributed by atoms with E-state index in [1.54, 1.807) is 6.26 Å². The summed E-state index contributed by atoms with van der Waals surface area (Å²) in [7, 11) is 0. The molecule has 2 unspecified atom stereocenters. The summed E-state index contributed by atoms with van der Waals surface area (Å²) in [6.45, 7) is 5.37. The van der Waals surface area contributed by atoms with Gasteiger partial charge in [0.15, 0.2) is 0 Å². The number of hydrogen-bond acceptors (Lipinski definition) is 4. The molecule has 2 heterocycles. The Kier molecular flexibility index (Phi) is 5.24. The molecule has 1 aromatic rings. The number of piperidine rings is 1. The van der Waals surface area contributed by atoms with Gasteiger partial charge in [0.2, 0.25) is 0 Å². The van der Waals surface area contributed by atoms with Crippen LogP contribution in [0.15, 0.2) is 21.2 Å². The van der Waals surface area contributed by atoms with Crippen molar-refractivity contribution in [2.75, 3.05) is 26.2 Å². The van der Waals surface area contributed by atoms with Gasteiger partial charge in [0.25, 0.3) is 0 Å². The highest BCUT2D eigenvalue weighted by Gasteiger charge is 2.29. The molecule has 2 N–H and O–H groups in total. The van der Waals surface area contributed by atoms with Crippen LogP contribution in [0.5, 0.6) is 0 Å². The van der Waals surface area contributed by atoms with Crippen molar-refractivity contribution < 1.29 is 9.15 Å². The standard InChI is InChI=1S/C13H21BrN2O2/c1-2-17-10-4-3-6-16(9-10)12(8-15)13-11(14)5-7-18-13/h5,7,10,12H,2-4,6,8-9,15H2,1H3. The van der Waals surface area contributed by atoms with Crippen molar-refractivity contribution in [2.45, 2.75) is 31.9 Å². The van der Waals surface area contributed by atoms with E-state index in [4.69, 9.17) is 14.9 Å². The maximum absolute atomic E-state index is 5.92. The van der Waals surface area contributed by atoms with Gasteiger partial charge in [0.1, 0.15) is 5.76 Å². The Morgan fingerprint density at radius 3 is 3.11 bits per heavy atom. The fraction of sp³-hybridized carbons (Fsp3) is 0.692. The second-order valence-electron chi connectivity index (χ2n) is 4.60. The van der Waals surface area contributed by atoms with Crippen molar-refractivity contribution in [1.29, 1.82) is 0 Å². The topological polar surface area (TPSA) is 51.6 Å². The van der Waals surface area contributed by atoms with Crippen LogP contribution in [0.25, 0.3) is 0 Å². The van der Waals surface area contributed by atoms with E-state index >= 15 is 0 Å². The Morgan fingerprint density at radius 1 is 1.67 bits per heavy atom. The molecule has 0 aliphatic carbocycles. The quantitative estimate of drug-likeness (QED) is 0.907. The second-order valence-corrected chi connectivity index (χ2v) is 5.45. The lowest BCUT2D eigenvalue weighted by atomic mass is 10.0. The zero-order valence-corrected chi connectivity index (χ0v) is 12.4. The molecule has 18 heavy (non-hydrogen) atoms. The molecule has 5 heteroatoms. The Hall–Kier alpha value is -0.360. The first-order chi connectivity index (χ1) is 8.76. The molecule has 0 saturated carbocycles. The number of nitrogens with two attached hydrogens (primary N) is 1. The van der Waals surface area contributed by atoms with Crippen LogP contribution in [0.4, 0.5) is 0 Å². The molecule has 2 atom stereocenters. The average molecular weight is 317 g/mol. The van der Waals surface area contributed by atoms with Crippen molar-refractivity contribution in [1.82, 2.24) is 4.90 Å². The third kappa shape index (κ3) is 3.15. The van der Waals surface area contributed by atoms with Crippen LogP contribution < -0.4 is 5.73 Å².